The van der Waals surface area contributed by atoms with E-state index in [-0.39, 0.29) is 5.56 Å². The van der Waals surface area contributed by atoms with Gasteiger partial charge in [0.25, 0.3) is 0 Å². The highest BCUT2D eigenvalue weighted by Gasteiger charge is 2.37. The minimum atomic E-state index is -4.29. The van der Waals surface area contributed by atoms with Crippen molar-refractivity contribution in [2.75, 3.05) is 25.5 Å². The fourth-order valence-corrected chi connectivity index (χ4v) is 3.04. The van der Waals surface area contributed by atoms with Crippen LogP contribution in [-0.2, 0) is 0 Å². The van der Waals surface area contributed by atoms with Crippen LogP contribution in [0.5, 0.6) is 0 Å². The Labute approximate surface area is 167 Å². The summed E-state index contributed by atoms with van der Waals surface area (Å²) in [6, 6.07) is 3.01. The van der Waals surface area contributed by atoms with Crippen LogP contribution < -0.4 is 10.6 Å². The lowest BCUT2D eigenvalue weighted by Crippen LogP contribution is -2.21. The summed E-state index contributed by atoms with van der Waals surface area (Å²) >= 11 is 0. The number of anilines is 1. The third-order valence-electron chi connectivity index (χ3n) is 4.88. The van der Waals surface area contributed by atoms with E-state index < -0.39 is 12.1 Å². The minimum absolute atomic E-state index is 0.169. The van der Waals surface area contributed by atoms with E-state index in [2.05, 4.69) is 25.6 Å². The van der Waals surface area contributed by atoms with Crippen LogP contribution in [0.4, 0.5) is 19.0 Å². The molecule has 4 rings (SSSR count). The maximum absolute atomic E-state index is 12.9. The quantitative estimate of drug-likeness (QED) is 0.680. The molecular formula is C20H25F3N6. The van der Waals surface area contributed by atoms with Gasteiger partial charge in [0.2, 0.25) is 0 Å². The Morgan fingerprint density at radius 3 is 2.45 bits per heavy atom. The Bertz CT molecular complexity index is 922. The van der Waals surface area contributed by atoms with Gasteiger partial charge in [0.15, 0.2) is 0 Å². The summed E-state index contributed by atoms with van der Waals surface area (Å²) in [5, 5.41) is 6.16. The molecular weight excluding hydrogens is 381 g/mol. The van der Waals surface area contributed by atoms with Crippen LogP contribution in [0.25, 0.3) is 17.0 Å². The Balaban J connectivity index is 0.000000343. The van der Waals surface area contributed by atoms with Crippen LogP contribution >= 0.6 is 0 Å². The minimum Gasteiger partial charge on any atom is -0.372 e. The van der Waals surface area contributed by atoms with Gasteiger partial charge in [-0.15, -0.1) is 0 Å². The molecule has 1 aliphatic rings. The van der Waals surface area contributed by atoms with Crippen LogP contribution in [0.3, 0.4) is 0 Å². The molecule has 1 fully saturated rings. The first-order chi connectivity index (χ1) is 13.9. The lowest BCUT2D eigenvalue weighted by molar-refractivity contribution is -0.146. The molecule has 1 aliphatic heterocycles. The van der Waals surface area contributed by atoms with Gasteiger partial charge in [0, 0.05) is 13.2 Å². The van der Waals surface area contributed by atoms with Crippen molar-refractivity contribution in [2.24, 2.45) is 0 Å². The van der Waals surface area contributed by atoms with Crippen molar-refractivity contribution in [3.8, 4) is 11.4 Å². The number of imidazole rings is 1. The molecule has 0 bridgehead atoms. The third kappa shape index (κ3) is 5.23. The Hall–Kier alpha value is -2.68. The van der Waals surface area contributed by atoms with Crippen LogP contribution in [0.2, 0.25) is 0 Å². The fraction of sp³-hybridized carbons (Fsp3) is 0.450. The highest BCUT2D eigenvalue weighted by molar-refractivity contribution is 5.61. The predicted molar refractivity (Wildman–Crippen MR) is 107 cm³/mol. The van der Waals surface area contributed by atoms with Gasteiger partial charge < -0.3 is 10.6 Å². The molecule has 4 heterocycles. The summed E-state index contributed by atoms with van der Waals surface area (Å²) in [5.41, 5.74) is 1.83. The van der Waals surface area contributed by atoms with E-state index in [0.717, 1.165) is 6.92 Å². The van der Waals surface area contributed by atoms with Gasteiger partial charge in [-0.3, -0.25) is 9.38 Å². The molecule has 0 amide bonds. The third-order valence-corrected chi connectivity index (χ3v) is 4.88. The number of halogens is 3. The number of hydrogen-bond acceptors (Lipinski definition) is 5. The molecule has 0 aromatic carbocycles. The second kappa shape index (κ2) is 9.21. The predicted octanol–water partition coefficient (Wildman–Crippen LogP) is 4.26. The Morgan fingerprint density at radius 2 is 1.86 bits per heavy atom. The zero-order chi connectivity index (χ0) is 20.9. The van der Waals surface area contributed by atoms with E-state index in [1.165, 1.54) is 44.6 Å². The number of nitrogens with zero attached hydrogens (tertiary/aromatic N) is 4. The van der Waals surface area contributed by atoms with Crippen LogP contribution in [-0.4, -0.2) is 45.7 Å². The SMILES string of the molecule is C1CCNCC1.CNc1cncc(-c2cnc3ccc(C(C)C(F)(F)F)cn23)n1. The molecule has 6 nitrogen and oxygen atoms in total. The van der Waals surface area contributed by atoms with Gasteiger partial charge in [-0.05, 0) is 44.5 Å². The largest absolute Gasteiger partial charge is 0.395 e. The molecule has 1 atom stereocenters. The molecule has 29 heavy (non-hydrogen) atoms. The number of fused-ring (bicyclic) bond motifs is 1. The smallest absolute Gasteiger partial charge is 0.372 e. The zero-order valence-electron chi connectivity index (χ0n) is 16.5. The summed E-state index contributed by atoms with van der Waals surface area (Å²) in [5.74, 6) is -0.992. The molecule has 156 valence electrons. The van der Waals surface area contributed by atoms with Gasteiger partial charge in [-0.25, -0.2) is 9.97 Å². The first kappa shape index (κ1) is 21.0. The lowest BCUT2D eigenvalue weighted by atomic mass is 10.0. The number of alkyl halides is 3. The Kier molecular flexibility index (Phi) is 6.68. The molecule has 0 saturated carbocycles. The monoisotopic (exact) mass is 406 g/mol. The maximum atomic E-state index is 12.9. The standard InChI is InChI=1S/C15H14F3N5.C5H11N/c1-9(15(16,17)18)10-3-4-14-21-6-12(23(14)8-10)11-5-20-7-13(19-2)22-11;1-2-4-6-5-3-1/h3-9H,1-2H3,(H,19,22);6H,1-5H2. The number of nitrogens with one attached hydrogen (secondary N) is 2. The number of piperidine rings is 1. The van der Waals surface area contributed by atoms with E-state index in [0.29, 0.717) is 22.9 Å². The Morgan fingerprint density at radius 1 is 1.10 bits per heavy atom. The average molecular weight is 406 g/mol. The molecule has 2 N–H and O–H groups in total. The summed E-state index contributed by atoms with van der Waals surface area (Å²) in [4.78, 5) is 12.6. The van der Waals surface area contributed by atoms with Gasteiger partial charge in [0.05, 0.1) is 30.2 Å². The average Bonchev–Trinajstić information content (AvgIpc) is 3.17. The van der Waals surface area contributed by atoms with Crippen molar-refractivity contribution in [3.63, 3.8) is 0 Å². The highest BCUT2D eigenvalue weighted by Crippen LogP contribution is 2.34. The van der Waals surface area contributed by atoms with Crippen molar-refractivity contribution < 1.29 is 13.2 Å². The van der Waals surface area contributed by atoms with Crippen molar-refractivity contribution in [1.82, 2.24) is 24.7 Å². The first-order valence-corrected chi connectivity index (χ1v) is 9.64. The van der Waals surface area contributed by atoms with E-state index in [4.69, 9.17) is 0 Å². The van der Waals surface area contributed by atoms with Crippen molar-refractivity contribution in [1.29, 1.82) is 0 Å². The normalized spacial score (nSPS) is 15.5. The molecule has 0 radical (unpaired) electrons. The van der Waals surface area contributed by atoms with Crippen LogP contribution in [0.1, 0.15) is 37.7 Å². The van der Waals surface area contributed by atoms with Gasteiger partial charge in [-0.1, -0.05) is 12.5 Å². The lowest BCUT2D eigenvalue weighted by Gasteiger charge is -2.16. The molecule has 1 saturated heterocycles. The van der Waals surface area contributed by atoms with Gasteiger partial charge >= 0.3 is 6.18 Å². The summed E-state index contributed by atoms with van der Waals surface area (Å²) in [7, 11) is 1.71. The van der Waals surface area contributed by atoms with Crippen LogP contribution in [0.15, 0.2) is 36.9 Å². The molecule has 1 unspecified atom stereocenters. The van der Waals surface area contributed by atoms with Crippen molar-refractivity contribution in [3.05, 3.63) is 42.5 Å². The topological polar surface area (TPSA) is 67.1 Å². The number of rotatable bonds is 3. The summed E-state index contributed by atoms with van der Waals surface area (Å²) in [6.07, 6.45) is 6.05. The molecule has 3 aromatic heterocycles. The number of aromatic nitrogens is 4. The van der Waals surface area contributed by atoms with E-state index in [9.17, 15) is 13.2 Å². The van der Waals surface area contributed by atoms with E-state index >= 15 is 0 Å². The zero-order valence-corrected chi connectivity index (χ0v) is 16.5. The summed E-state index contributed by atoms with van der Waals surface area (Å²) < 4.78 is 40.4. The fourth-order valence-electron chi connectivity index (χ4n) is 3.04. The van der Waals surface area contributed by atoms with E-state index in [1.807, 2.05) is 0 Å². The second-order valence-electron chi connectivity index (χ2n) is 6.95. The van der Waals surface area contributed by atoms with Gasteiger partial charge in [0.1, 0.15) is 17.2 Å². The van der Waals surface area contributed by atoms with E-state index in [1.54, 1.807) is 36.1 Å². The first-order valence-electron chi connectivity index (χ1n) is 9.64. The molecule has 9 heteroatoms. The summed E-state index contributed by atoms with van der Waals surface area (Å²) in [6.45, 7) is 3.64. The number of hydrogen-bond donors (Lipinski definition) is 2. The van der Waals surface area contributed by atoms with Gasteiger partial charge in [-0.2, -0.15) is 13.2 Å². The molecule has 0 spiro atoms. The second-order valence-corrected chi connectivity index (χ2v) is 6.95. The van der Waals surface area contributed by atoms with Crippen molar-refractivity contribution in [2.45, 2.75) is 38.3 Å². The highest BCUT2D eigenvalue weighted by atomic mass is 19.4. The van der Waals surface area contributed by atoms with Crippen LogP contribution in [0, 0.1) is 0 Å². The van der Waals surface area contributed by atoms with Crippen molar-refractivity contribution >= 4 is 11.5 Å². The maximum Gasteiger partial charge on any atom is 0.395 e. The molecule has 3 aromatic rings. The molecule has 0 aliphatic carbocycles. The number of pyridine rings is 1.